The molecule has 3 nitrogen and oxygen atoms in total. The van der Waals surface area contributed by atoms with E-state index in [2.05, 4.69) is 10.2 Å². The molecule has 1 amide bonds. The first-order chi connectivity index (χ1) is 8.81. The molecule has 1 aromatic carbocycles. The zero-order valence-electron chi connectivity index (χ0n) is 10.6. The monoisotopic (exact) mass is 244 g/mol. The van der Waals surface area contributed by atoms with Gasteiger partial charge in [0, 0.05) is 18.7 Å². The van der Waals surface area contributed by atoms with Crippen molar-refractivity contribution in [3.05, 3.63) is 30.3 Å². The normalized spacial score (nSPS) is 30.1. The summed E-state index contributed by atoms with van der Waals surface area (Å²) in [4.78, 5) is 14.5. The van der Waals surface area contributed by atoms with Crippen molar-refractivity contribution in [1.82, 2.24) is 4.90 Å². The third-order valence-corrected chi connectivity index (χ3v) is 4.30. The molecule has 18 heavy (non-hydrogen) atoms. The van der Waals surface area contributed by atoms with Gasteiger partial charge in [0.1, 0.15) is 0 Å². The predicted molar refractivity (Wildman–Crippen MR) is 72.3 cm³/mol. The number of hydrogen-bond acceptors (Lipinski definition) is 2. The van der Waals surface area contributed by atoms with E-state index in [1.807, 2.05) is 30.3 Å². The fraction of sp³-hybridized carbons (Fsp3) is 0.533. The highest BCUT2D eigenvalue weighted by atomic mass is 16.1. The van der Waals surface area contributed by atoms with Crippen LogP contribution in [0.4, 0.5) is 5.69 Å². The van der Waals surface area contributed by atoms with Gasteiger partial charge in [0.2, 0.25) is 5.91 Å². The van der Waals surface area contributed by atoms with Crippen molar-refractivity contribution < 1.29 is 4.79 Å². The quantitative estimate of drug-likeness (QED) is 0.885. The van der Waals surface area contributed by atoms with Crippen LogP contribution in [-0.2, 0) is 4.79 Å². The second kappa shape index (κ2) is 5.11. The van der Waals surface area contributed by atoms with Gasteiger partial charge in [-0.05, 0) is 49.9 Å². The number of para-hydroxylation sites is 1. The first-order valence-corrected chi connectivity index (χ1v) is 6.88. The zero-order chi connectivity index (χ0) is 12.4. The Morgan fingerprint density at radius 2 is 1.94 bits per heavy atom. The molecule has 1 aromatic rings. The predicted octanol–water partition coefficient (Wildman–Crippen LogP) is 2.36. The first kappa shape index (κ1) is 11.7. The van der Waals surface area contributed by atoms with E-state index in [0.717, 1.165) is 18.2 Å². The second-order valence-corrected chi connectivity index (χ2v) is 5.52. The highest BCUT2D eigenvalue weighted by Crippen LogP contribution is 2.34. The van der Waals surface area contributed by atoms with Crippen LogP contribution in [0, 0.1) is 11.8 Å². The number of rotatable bonds is 3. The molecule has 1 N–H and O–H groups in total. The highest BCUT2D eigenvalue weighted by Gasteiger charge is 2.34. The Bertz CT molecular complexity index is 410. The van der Waals surface area contributed by atoms with Gasteiger partial charge in [-0.1, -0.05) is 18.2 Å². The van der Waals surface area contributed by atoms with Crippen molar-refractivity contribution in [2.45, 2.75) is 19.3 Å². The molecule has 96 valence electrons. The first-order valence-electron chi connectivity index (χ1n) is 6.88. The molecular weight excluding hydrogens is 224 g/mol. The van der Waals surface area contributed by atoms with Gasteiger partial charge in [-0.15, -0.1) is 0 Å². The molecule has 3 heterocycles. The number of carbonyl (C=O) groups excluding carboxylic acids is 1. The lowest BCUT2D eigenvalue weighted by atomic mass is 9.77. The number of nitrogens with zero attached hydrogens (tertiary/aromatic N) is 1. The van der Waals surface area contributed by atoms with Gasteiger partial charge in [-0.3, -0.25) is 4.79 Å². The zero-order valence-corrected chi connectivity index (χ0v) is 10.6. The molecule has 0 saturated carbocycles. The number of amides is 1. The average Bonchev–Trinajstić information content (AvgIpc) is 2.41. The summed E-state index contributed by atoms with van der Waals surface area (Å²) in [5.41, 5.74) is 0.906. The lowest BCUT2D eigenvalue weighted by Gasteiger charge is -2.44. The lowest BCUT2D eigenvalue weighted by molar-refractivity contribution is -0.118. The largest absolute Gasteiger partial charge is 0.326 e. The van der Waals surface area contributed by atoms with Gasteiger partial charge in [0.15, 0.2) is 0 Å². The van der Waals surface area contributed by atoms with Gasteiger partial charge in [0.05, 0.1) is 0 Å². The molecule has 3 aliphatic rings. The molecular formula is C15H20N2O. The van der Waals surface area contributed by atoms with Gasteiger partial charge in [-0.25, -0.2) is 0 Å². The van der Waals surface area contributed by atoms with Gasteiger partial charge in [-0.2, -0.15) is 0 Å². The number of piperidine rings is 3. The van der Waals surface area contributed by atoms with E-state index in [-0.39, 0.29) is 5.91 Å². The van der Waals surface area contributed by atoms with Crippen molar-refractivity contribution >= 4 is 11.6 Å². The molecule has 0 radical (unpaired) electrons. The number of nitrogens with one attached hydrogen (secondary N) is 1. The number of carbonyl (C=O) groups is 1. The van der Waals surface area contributed by atoms with Crippen LogP contribution in [0.5, 0.6) is 0 Å². The van der Waals surface area contributed by atoms with Gasteiger partial charge >= 0.3 is 0 Å². The summed E-state index contributed by atoms with van der Waals surface area (Å²) in [5.74, 6) is 1.51. The van der Waals surface area contributed by atoms with Crippen molar-refractivity contribution in [2.75, 3.05) is 25.0 Å². The minimum Gasteiger partial charge on any atom is -0.326 e. The minimum atomic E-state index is 0.167. The Morgan fingerprint density at radius 3 is 2.56 bits per heavy atom. The van der Waals surface area contributed by atoms with Crippen molar-refractivity contribution in [3.8, 4) is 0 Å². The number of benzene rings is 1. The van der Waals surface area contributed by atoms with Crippen LogP contribution in [0.2, 0.25) is 0 Å². The van der Waals surface area contributed by atoms with Crippen molar-refractivity contribution in [2.24, 2.45) is 11.8 Å². The average molecular weight is 244 g/mol. The van der Waals surface area contributed by atoms with Crippen LogP contribution in [0.15, 0.2) is 30.3 Å². The summed E-state index contributed by atoms with van der Waals surface area (Å²) >= 11 is 0. The smallest absolute Gasteiger partial charge is 0.224 e. The third kappa shape index (κ3) is 2.56. The maximum Gasteiger partial charge on any atom is 0.224 e. The molecule has 3 aliphatic heterocycles. The van der Waals surface area contributed by atoms with Gasteiger partial charge < -0.3 is 10.2 Å². The van der Waals surface area contributed by atoms with E-state index < -0.39 is 0 Å². The van der Waals surface area contributed by atoms with Crippen molar-refractivity contribution in [1.29, 1.82) is 0 Å². The second-order valence-electron chi connectivity index (χ2n) is 5.52. The fourth-order valence-corrected chi connectivity index (χ4v) is 3.29. The topological polar surface area (TPSA) is 32.3 Å². The van der Waals surface area contributed by atoms with E-state index in [1.165, 1.54) is 25.9 Å². The summed E-state index contributed by atoms with van der Waals surface area (Å²) < 4.78 is 0. The Balaban J connectivity index is 1.55. The van der Waals surface area contributed by atoms with E-state index in [4.69, 9.17) is 0 Å². The standard InChI is InChI=1S/C15H20N2O/c18-15(16-14-4-2-1-3-5-14)10-13-11-17-8-6-12(13)7-9-17/h1-5,12-13H,6-11H2,(H,16,18)/t13-/m1/s1. The Morgan fingerprint density at radius 1 is 1.22 bits per heavy atom. The van der Waals surface area contributed by atoms with Crippen LogP contribution in [0.25, 0.3) is 0 Å². The lowest BCUT2D eigenvalue weighted by Crippen LogP contribution is -2.48. The van der Waals surface area contributed by atoms with E-state index in [0.29, 0.717) is 12.3 Å². The fourth-order valence-electron chi connectivity index (χ4n) is 3.29. The number of anilines is 1. The maximum atomic E-state index is 12.0. The molecule has 4 rings (SSSR count). The van der Waals surface area contributed by atoms with E-state index in [1.54, 1.807) is 0 Å². The Labute approximate surface area is 108 Å². The van der Waals surface area contributed by atoms with Gasteiger partial charge in [0.25, 0.3) is 0 Å². The summed E-state index contributed by atoms with van der Waals surface area (Å²) in [7, 11) is 0. The SMILES string of the molecule is O=C(C[C@@H]1CN2CCC1CC2)Nc1ccccc1. The molecule has 0 aromatic heterocycles. The number of fused-ring (bicyclic) bond motifs is 3. The number of hydrogen-bond donors (Lipinski definition) is 1. The molecule has 0 unspecified atom stereocenters. The summed E-state index contributed by atoms with van der Waals surface area (Å²) in [6.07, 6.45) is 3.24. The van der Waals surface area contributed by atoms with Crippen LogP contribution >= 0.6 is 0 Å². The van der Waals surface area contributed by atoms with E-state index >= 15 is 0 Å². The van der Waals surface area contributed by atoms with Crippen LogP contribution in [0.1, 0.15) is 19.3 Å². The molecule has 3 saturated heterocycles. The Hall–Kier alpha value is -1.35. The highest BCUT2D eigenvalue weighted by molar-refractivity contribution is 5.90. The summed E-state index contributed by atoms with van der Waals surface area (Å²) in [6.45, 7) is 3.59. The summed E-state index contributed by atoms with van der Waals surface area (Å²) in [5, 5.41) is 2.99. The van der Waals surface area contributed by atoms with E-state index in [9.17, 15) is 4.79 Å². The molecule has 1 atom stereocenters. The van der Waals surface area contributed by atoms with Crippen LogP contribution in [0.3, 0.4) is 0 Å². The maximum absolute atomic E-state index is 12.0. The molecule has 3 fully saturated rings. The van der Waals surface area contributed by atoms with Crippen molar-refractivity contribution in [3.63, 3.8) is 0 Å². The third-order valence-electron chi connectivity index (χ3n) is 4.30. The van der Waals surface area contributed by atoms with Crippen LogP contribution in [-0.4, -0.2) is 30.4 Å². The Kier molecular flexibility index (Phi) is 3.33. The molecule has 0 aliphatic carbocycles. The molecule has 3 heteroatoms. The summed E-state index contributed by atoms with van der Waals surface area (Å²) in [6, 6.07) is 9.74. The molecule has 0 spiro atoms. The molecule has 2 bridgehead atoms. The van der Waals surface area contributed by atoms with Crippen LogP contribution < -0.4 is 5.32 Å². The minimum absolute atomic E-state index is 0.167.